The van der Waals surface area contributed by atoms with Crippen molar-refractivity contribution in [3.05, 3.63) is 28.3 Å². The van der Waals surface area contributed by atoms with E-state index in [0.717, 1.165) is 12.0 Å². The summed E-state index contributed by atoms with van der Waals surface area (Å²) >= 11 is 6.00. The van der Waals surface area contributed by atoms with E-state index >= 15 is 0 Å². The Bertz CT molecular complexity index is 587. The number of hydrogen-bond acceptors (Lipinski definition) is 3. The molecule has 2 rings (SSSR count). The van der Waals surface area contributed by atoms with E-state index < -0.39 is 10.0 Å². The molecule has 0 aliphatic carbocycles. The van der Waals surface area contributed by atoms with Gasteiger partial charge in [0.05, 0.1) is 4.90 Å². The molecule has 1 aliphatic heterocycles. The van der Waals surface area contributed by atoms with Crippen LogP contribution in [0.15, 0.2) is 17.0 Å². The molecule has 1 fully saturated rings. The SMILES string of the molecule is Cc1c(CN)cc(Cl)cc1S(=O)(=O)N1CCC(C)C1. The summed E-state index contributed by atoms with van der Waals surface area (Å²) in [7, 11) is -3.46. The number of rotatable bonds is 3. The van der Waals surface area contributed by atoms with E-state index in [4.69, 9.17) is 17.3 Å². The lowest BCUT2D eigenvalue weighted by molar-refractivity contribution is 0.464. The molecule has 0 aromatic heterocycles. The zero-order valence-corrected chi connectivity index (χ0v) is 12.8. The van der Waals surface area contributed by atoms with Crippen molar-refractivity contribution in [2.24, 2.45) is 11.7 Å². The van der Waals surface area contributed by atoms with Crippen LogP contribution in [-0.2, 0) is 16.6 Å². The molecule has 4 nitrogen and oxygen atoms in total. The van der Waals surface area contributed by atoms with E-state index in [1.807, 2.05) is 0 Å². The summed E-state index contributed by atoms with van der Waals surface area (Å²) in [6.07, 6.45) is 0.905. The lowest BCUT2D eigenvalue weighted by atomic mass is 10.1. The number of halogens is 1. The Balaban J connectivity index is 2.49. The fourth-order valence-electron chi connectivity index (χ4n) is 2.44. The number of sulfonamides is 1. The molecule has 6 heteroatoms. The summed E-state index contributed by atoms with van der Waals surface area (Å²) in [4.78, 5) is 0.287. The third-order valence-corrected chi connectivity index (χ3v) is 5.87. The van der Waals surface area contributed by atoms with Crippen LogP contribution in [0.4, 0.5) is 0 Å². The van der Waals surface area contributed by atoms with Crippen molar-refractivity contribution < 1.29 is 8.42 Å². The topological polar surface area (TPSA) is 63.4 Å². The highest BCUT2D eigenvalue weighted by molar-refractivity contribution is 7.89. The molecular formula is C13H19ClN2O2S. The van der Waals surface area contributed by atoms with Crippen LogP contribution >= 0.6 is 11.6 Å². The summed E-state index contributed by atoms with van der Waals surface area (Å²) in [5.41, 5.74) is 7.12. The first kappa shape index (κ1) is 14.8. The minimum absolute atomic E-state index is 0.283. The molecular weight excluding hydrogens is 284 g/mol. The molecule has 0 amide bonds. The Kier molecular flexibility index (Phi) is 4.20. The Morgan fingerprint density at radius 2 is 2.16 bits per heavy atom. The largest absolute Gasteiger partial charge is 0.326 e. The van der Waals surface area contributed by atoms with Crippen molar-refractivity contribution in [2.45, 2.75) is 31.7 Å². The average Bonchev–Trinajstić information content (AvgIpc) is 2.79. The number of hydrogen-bond donors (Lipinski definition) is 1. The lowest BCUT2D eigenvalue weighted by Gasteiger charge is -2.19. The highest BCUT2D eigenvalue weighted by Crippen LogP contribution is 2.29. The molecule has 1 saturated heterocycles. The van der Waals surface area contributed by atoms with Crippen LogP contribution in [-0.4, -0.2) is 25.8 Å². The lowest BCUT2D eigenvalue weighted by Crippen LogP contribution is -2.29. The van der Waals surface area contributed by atoms with Gasteiger partial charge in [-0.1, -0.05) is 18.5 Å². The normalized spacial score (nSPS) is 20.9. The van der Waals surface area contributed by atoms with Gasteiger partial charge in [-0.15, -0.1) is 0 Å². The van der Waals surface area contributed by atoms with Crippen LogP contribution in [0.1, 0.15) is 24.5 Å². The van der Waals surface area contributed by atoms with Gasteiger partial charge in [0.1, 0.15) is 0 Å². The van der Waals surface area contributed by atoms with E-state index in [-0.39, 0.29) is 11.4 Å². The first-order valence-electron chi connectivity index (χ1n) is 6.35. The highest BCUT2D eigenvalue weighted by Gasteiger charge is 2.32. The Morgan fingerprint density at radius 1 is 1.47 bits per heavy atom. The minimum atomic E-state index is -3.46. The molecule has 0 saturated carbocycles. The van der Waals surface area contributed by atoms with Crippen LogP contribution in [0.2, 0.25) is 5.02 Å². The van der Waals surface area contributed by atoms with Crippen LogP contribution in [0.3, 0.4) is 0 Å². The number of nitrogens with zero attached hydrogens (tertiary/aromatic N) is 1. The van der Waals surface area contributed by atoms with Gasteiger partial charge in [-0.3, -0.25) is 0 Å². The molecule has 1 atom stereocenters. The zero-order chi connectivity index (χ0) is 14.2. The van der Waals surface area contributed by atoms with Gasteiger partial charge >= 0.3 is 0 Å². The molecule has 2 N–H and O–H groups in total. The summed E-state index contributed by atoms with van der Waals surface area (Å²) in [6.45, 7) is 5.28. The maximum absolute atomic E-state index is 12.6. The second-order valence-corrected chi connectivity index (χ2v) is 7.49. The second kappa shape index (κ2) is 5.40. The van der Waals surface area contributed by atoms with Gasteiger partial charge in [0, 0.05) is 24.7 Å². The van der Waals surface area contributed by atoms with Gasteiger partial charge in [0.2, 0.25) is 10.0 Å². The minimum Gasteiger partial charge on any atom is -0.326 e. The van der Waals surface area contributed by atoms with Crippen LogP contribution in [0.25, 0.3) is 0 Å². The molecule has 0 radical (unpaired) electrons. The monoisotopic (exact) mass is 302 g/mol. The zero-order valence-electron chi connectivity index (χ0n) is 11.2. The fourth-order valence-corrected chi connectivity index (χ4v) is 4.61. The van der Waals surface area contributed by atoms with Crippen molar-refractivity contribution in [3.8, 4) is 0 Å². The van der Waals surface area contributed by atoms with Crippen molar-refractivity contribution in [3.63, 3.8) is 0 Å². The summed E-state index contributed by atoms with van der Waals surface area (Å²) < 4.78 is 26.8. The van der Waals surface area contributed by atoms with Gasteiger partial charge in [-0.25, -0.2) is 8.42 Å². The maximum atomic E-state index is 12.6. The Hall–Kier alpha value is -0.620. The molecule has 1 aliphatic rings. The summed E-state index contributed by atoms with van der Waals surface area (Å²) in [5.74, 6) is 0.406. The molecule has 0 spiro atoms. The molecule has 1 aromatic carbocycles. The first-order chi connectivity index (χ1) is 8.86. The van der Waals surface area contributed by atoms with Gasteiger partial charge in [0.25, 0.3) is 0 Å². The summed E-state index contributed by atoms with van der Waals surface area (Å²) in [5, 5.41) is 0.414. The van der Waals surface area contributed by atoms with Gasteiger partial charge in [0.15, 0.2) is 0 Å². The van der Waals surface area contributed by atoms with Crippen molar-refractivity contribution >= 4 is 21.6 Å². The smallest absolute Gasteiger partial charge is 0.243 e. The average molecular weight is 303 g/mol. The standard InChI is InChI=1S/C13H19ClN2O2S/c1-9-3-4-16(8-9)19(17,18)13-6-12(14)5-11(7-15)10(13)2/h5-6,9H,3-4,7-8,15H2,1-2H3. The van der Waals surface area contributed by atoms with Gasteiger partial charge < -0.3 is 5.73 Å². The fraction of sp³-hybridized carbons (Fsp3) is 0.538. The van der Waals surface area contributed by atoms with Crippen molar-refractivity contribution in [1.29, 1.82) is 0 Å². The predicted octanol–water partition coefficient (Wildman–Crippen LogP) is 2.14. The third kappa shape index (κ3) is 2.79. The molecule has 106 valence electrons. The quantitative estimate of drug-likeness (QED) is 0.930. The van der Waals surface area contributed by atoms with Crippen molar-refractivity contribution in [1.82, 2.24) is 4.31 Å². The second-order valence-electron chi connectivity index (χ2n) is 5.15. The maximum Gasteiger partial charge on any atom is 0.243 e. The Labute approximate surface area is 119 Å². The molecule has 1 unspecified atom stereocenters. The van der Waals surface area contributed by atoms with Crippen molar-refractivity contribution in [2.75, 3.05) is 13.1 Å². The molecule has 1 heterocycles. The van der Waals surface area contributed by atoms with E-state index in [2.05, 4.69) is 6.92 Å². The Morgan fingerprint density at radius 3 is 2.68 bits per heavy atom. The van der Waals surface area contributed by atoms with Gasteiger partial charge in [-0.05, 0) is 42.5 Å². The first-order valence-corrected chi connectivity index (χ1v) is 8.17. The van der Waals surface area contributed by atoms with E-state index in [0.29, 0.717) is 29.6 Å². The number of nitrogens with two attached hydrogens (primary N) is 1. The highest BCUT2D eigenvalue weighted by atomic mass is 35.5. The van der Waals surface area contributed by atoms with Crippen LogP contribution < -0.4 is 5.73 Å². The van der Waals surface area contributed by atoms with E-state index in [1.165, 1.54) is 10.4 Å². The molecule has 0 bridgehead atoms. The van der Waals surface area contributed by atoms with Crippen LogP contribution in [0, 0.1) is 12.8 Å². The van der Waals surface area contributed by atoms with Crippen LogP contribution in [0.5, 0.6) is 0 Å². The predicted molar refractivity (Wildman–Crippen MR) is 76.6 cm³/mol. The molecule has 1 aromatic rings. The number of benzene rings is 1. The molecule has 19 heavy (non-hydrogen) atoms. The van der Waals surface area contributed by atoms with E-state index in [9.17, 15) is 8.42 Å². The summed E-state index contributed by atoms with van der Waals surface area (Å²) in [6, 6.07) is 3.25. The van der Waals surface area contributed by atoms with Gasteiger partial charge in [-0.2, -0.15) is 4.31 Å². The third-order valence-electron chi connectivity index (χ3n) is 3.66. The van der Waals surface area contributed by atoms with E-state index in [1.54, 1.807) is 13.0 Å².